The van der Waals surface area contributed by atoms with Crippen molar-refractivity contribution < 1.29 is 162 Å². The number of hydrogen-bond acceptors (Lipinski definition) is 27. The van der Waals surface area contributed by atoms with Gasteiger partial charge in [0.1, 0.15) is 92.9 Å². The summed E-state index contributed by atoms with van der Waals surface area (Å²) in [5, 5.41) is 69.2. The number of nitrogens with zero attached hydrogens (tertiary/aromatic N) is 16. The Kier molecular flexibility index (Phi) is 34.7. The van der Waals surface area contributed by atoms with Gasteiger partial charge in [-0.25, -0.2) is 19.9 Å². The van der Waals surface area contributed by atoms with E-state index < -0.39 is 21.7 Å². The predicted molar refractivity (Wildman–Crippen MR) is 364 cm³/mol. The van der Waals surface area contributed by atoms with E-state index in [1.807, 2.05) is 84.7 Å². The quantitative estimate of drug-likeness (QED) is 0.0174. The van der Waals surface area contributed by atoms with Crippen molar-refractivity contribution in [3.05, 3.63) is 178 Å². The van der Waals surface area contributed by atoms with Crippen molar-refractivity contribution in [3.63, 3.8) is 0 Å². The molecule has 8 aromatic heterocycles. The number of hydrogen-bond donors (Lipinski definition) is 5. The molecule has 1 aliphatic rings. The Morgan fingerprint density at radius 3 is 1.68 bits per heavy atom. The molecule has 12 rings (SSSR count). The fourth-order valence-electron chi connectivity index (χ4n) is 8.19. The van der Waals surface area contributed by atoms with E-state index in [9.17, 15) is 35.1 Å². The molecule has 11 aromatic rings. The van der Waals surface area contributed by atoms with E-state index in [4.69, 9.17) is 91.1 Å². The summed E-state index contributed by atoms with van der Waals surface area (Å²) in [5.74, 6) is 5.91. The van der Waals surface area contributed by atoms with Crippen molar-refractivity contribution in [2.24, 2.45) is 5.73 Å². The first-order valence-corrected chi connectivity index (χ1v) is 29.2. The molecule has 0 bridgehead atoms. The number of rotatable bonds is 16. The number of anilines is 6. The number of nitrogens with two attached hydrogens (primary N) is 1. The molecule has 0 saturated carbocycles. The summed E-state index contributed by atoms with van der Waals surface area (Å²) in [7, 11) is 8.57. The molecule has 0 unspecified atom stereocenters. The smallest absolute Gasteiger partial charge is 1.00 e. The van der Waals surface area contributed by atoms with Crippen molar-refractivity contribution in [2.75, 3.05) is 81.7 Å². The minimum atomic E-state index is -2.25. The Morgan fingerprint density at radius 1 is 0.697 bits per heavy atom. The molecule has 35 nitrogen and oxygen atoms in total. The van der Waals surface area contributed by atoms with Gasteiger partial charge in [0.05, 0.1) is 40.9 Å². The fraction of sp³-hybridized carbons (Fsp3) is 0.214. The molecule has 6 N–H and O–H groups in total. The number of halogens is 6. The van der Waals surface area contributed by atoms with Crippen LogP contribution < -0.4 is 159 Å². The number of methoxy groups -OCH3 is 2. The average molecular weight is 1540 g/mol. The first-order valence-electron chi connectivity index (χ1n) is 28.6. The maximum absolute atomic E-state index is 11.8. The number of carbonyl (C=O) groups excluding carboxylic acids is 2. The number of amides is 1. The maximum Gasteiger partial charge on any atom is 1.00 e. The molecule has 3 aromatic carbocycles. The van der Waals surface area contributed by atoms with Crippen LogP contribution in [0, 0.1) is 30.3 Å². The number of alkyl halides is 1. The molecule has 1 amide bonds. The SMILES string of the molecule is CCC(=O)Nc1cnn2c(NC)cc(Nc3cccc4c3OCCO4)nc12.CNc1cc(Cl)nc2c([N+](=O)[O-])cnn12.COc1ccc(CCl)cc1.COc1ccc(CN(C)c2cc(Cl)nc3c([N+](=O)[O-])cnn23)cc1.Cl.O=CO[O-].O=[N+]([O-])c1cnn2c(Cl)cc(Cl)nc12.[2H]C([2H])([2H])N.[H-].[K+].[K+]. The number of nitrogens with one attached hydrogen (secondary N) is 4. The van der Waals surface area contributed by atoms with Crippen LogP contribution in [-0.2, 0) is 26.9 Å². The predicted octanol–water partition coefficient (Wildman–Crippen LogP) is 3.83. The number of fused-ring (bicyclic) bond motifs is 5. The molecule has 43 heteroatoms. The van der Waals surface area contributed by atoms with Gasteiger partial charge in [0.2, 0.25) is 22.8 Å². The first-order chi connectivity index (χ1) is 47.2. The van der Waals surface area contributed by atoms with Crippen LogP contribution in [0.15, 0.2) is 116 Å². The third-order valence-corrected chi connectivity index (χ3v) is 13.7. The molecule has 1 aliphatic heterocycles. The molecular formula is C56H59Cl6K2N21O14. The summed E-state index contributed by atoms with van der Waals surface area (Å²) in [5.41, 5.74) is 8.04. The van der Waals surface area contributed by atoms with Crippen LogP contribution in [0.5, 0.6) is 23.0 Å². The van der Waals surface area contributed by atoms with E-state index in [0.29, 0.717) is 72.3 Å². The van der Waals surface area contributed by atoms with Gasteiger partial charge in [0, 0.05) is 68.4 Å². The molecule has 0 saturated heterocycles. The van der Waals surface area contributed by atoms with Gasteiger partial charge in [-0.2, -0.15) is 38.5 Å². The Hall–Kier alpha value is -7.39. The van der Waals surface area contributed by atoms with Crippen LogP contribution in [0.4, 0.5) is 51.7 Å². The second kappa shape index (κ2) is 42.7. The molecule has 0 radical (unpaired) electrons. The average Bonchev–Trinajstić information content (AvgIpc) is 1.70. The largest absolute Gasteiger partial charge is 1.00 e. The summed E-state index contributed by atoms with van der Waals surface area (Å²) in [4.78, 5) is 71.7. The fourth-order valence-corrected chi connectivity index (χ4v) is 9.20. The summed E-state index contributed by atoms with van der Waals surface area (Å²) >= 11 is 28.7. The molecule has 0 aliphatic carbocycles. The molecule has 516 valence electrons. The Bertz CT molecular complexity index is 4590. The Balaban J connectivity index is 0.000000434. The number of ether oxygens (including phenoxy) is 4. The van der Waals surface area contributed by atoms with Gasteiger partial charge < -0.3 is 62.4 Å². The molecule has 99 heavy (non-hydrogen) atoms. The third-order valence-electron chi connectivity index (χ3n) is 12.5. The van der Waals surface area contributed by atoms with E-state index in [2.05, 4.69) is 72.2 Å². The van der Waals surface area contributed by atoms with Crippen LogP contribution in [0.2, 0.25) is 20.6 Å². The second-order valence-electron chi connectivity index (χ2n) is 18.4. The number of para-hydroxylation sites is 1. The maximum atomic E-state index is 11.8. The molecule has 0 atom stereocenters. The van der Waals surface area contributed by atoms with Crippen molar-refractivity contribution in [1.29, 1.82) is 0 Å². The van der Waals surface area contributed by atoms with Crippen molar-refractivity contribution >= 4 is 157 Å². The summed E-state index contributed by atoms with van der Waals surface area (Å²) in [6.45, 7) is 0.949. The van der Waals surface area contributed by atoms with Crippen LogP contribution in [0.3, 0.4) is 0 Å². The molecule has 0 spiro atoms. The third kappa shape index (κ3) is 23.3. The van der Waals surface area contributed by atoms with Gasteiger partial charge in [-0.15, -0.1) is 24.0 Å². The van der Waals surface area contributed by atoms with E-state index in [-0.39, 0.29) is 184 Å². The minimum absolute atomic E-state index is 0. The second-order valence-corrected chi connectivity index (χ2v) is 20.2. The van der Waals surface area contributed by atoms with Crippen LogP contribution in [-0.4, -0.2) is 141 Å². The van der Waals surface area contributed by atoms with Gasteiger partial charge in [0.15, 0.2) is 17.1 Å². The summed E-state index contributed by atoms with van der Waals surface area (Å²) in [6, 6.07) is 27.3. The molecule has 0 fully saturated rings. The van der Waals surface area contributed by atoms with Crippen LogP contribution >= 0.6 is 70.4 Å². The molecular weight excluding hydrogens is 1480 g/mol. The van der Waals surface area contributed by atoms with Crippen molar-refractivity contribution in [3.8, 4) is 23.0 Å². The van der Waals surface area contributed by atoms with Crippen LogP contribution in [0.25, 0.3) is 22.6 Å². The Labute approximate surface area is 683 Å². The number of aromatic nitrogens is 12. The number of benzene rings is 3. The van der Waals surface area contributed by atoms with Crippen molar-refractivity contribution in [1.82, 2.24) is 58.4 Å². The number of carbonyl (C=O) groups is 2. The summed E-state index contributed by atoms with van der Waals surface area (Å²) < 4.78 is 45.1. The van der Waals surface area contributed by atoms with E-state index in [1.165, 1.54) is 27.4 Å². The topological polar surface area (TPSA) is 431 Å². The van der Waals surface area contributed by atoms with E-state index in [1.54, 1.807) is 52.0 Å². The standard InChI is InChI=1S/C18H20N6O3.C15H14ClN5O3.C8H9ClO.C7H6ClN5O2.C6H2Cl2N4O2.CH5N.CH2O3.ClH.2K.H/c1-3-16(25)22-12-10-20-24-15(19-2)9-14(23-18(12)24)21-11-5-4-6-13-17(11)27-8-7-26-13;1-19(9-10-3-5-11(24-2)6-4-10)14-7-13(16)18-15-12(21(22)23)8-17-20(14)15;1-10-8-4-2-7(6-9)3-5-8;1-9-6-2-5(8)11-7-4(13(14)15)3-10-12(6)7;7-4-1-5(8)11-6(10-4)3(2-9-11)12(13)14;1-2;2-1-4-3;;;;/h4-6,9-10,19H,3,7-8H2,1-2H3,(H,21,23)(H,22,25);3-8H,9H2,1-2H3;2-5H,6H2,1H3;2-3,9H,1H3;1-2H;2H2,1H3;1,3H;1H;;;/q;;;;;;;;2*+1;-1/p-1/i;;;;;1D3;;;;;. The number of nitro groups is 3. The first kappa shape index (κ1) is 80.6. The van der Waals surface area contributed by atoms with Gasteiger partial charge in [-0.05, 0) is 54.5 Å². The van der Waals surface area contributed by atoms with Crippen LogP contribution in [0.1, 0.15) is 30.0 Å². The van der Waals surface area contributed by atoms with Gasteiger partial charge >= 0.3 is 120 Å². The summed E-state index contributed by atoms with van der Waals surface area (Å²) in [6.07, 6.45) is 5.34. The van der Waals surface area contributed by atoms with Gasteiger partial charge in [-0.3, -0.25) is 39.9 Å². The minimum Gasteiger partial charge on any atom is -1.00 e. The Morgan fingerprint density at radius 2 is 1.16 bits per heavy atom. The van der Waals surface area contributed by atoms with Crippen molar-refractivity contribution in [2.45, 2.75) is 25.8 Å². The monoisotopic (exact) mass is 1540 g/mol. The zero-order valence-corrected chi connectivity index (χ0v) is 64.2. The van der Waals surface area contributed by atoms with Gasteiger partial charge in [-0.1, -0.05) is 83.7 Å². The molecule has 9 heterocycles. The zero-order chi connectivity index (χ0) is 72.7. The normalized spacial score (nSPS) is 11.0. The van der Waals surface area contributed by atoms with E-state index in [0.717, 1.165) is 51.0 Å². The van der Waals surface area contributed by atoms with Gasteiger partial charge in [0.25, 0.3) is 6.47 Å². The van der Waals surface area contributed by atoms with E-state index >= 15 is 0 Å². The zero-order valence-electron chi connectivity index (χ0n) is 57.3.